The van der Waals surface area contributed by atoms with Crippen molar-refractivity contribution in [3.8, 4) is 5.75 Å². The Balaban J connectivity index is 1.51. The molecular formula is C15H19N3O. The number of benzene rings is 1. The van der Waals surface area contributed by atoms with Gasteiger partial charge in [-0.05, 0) is 18.1 Å². The van der Waals surface area contributed by atoms with Crippen molar-refractivity contribution in [2.75, 3.05) is 19.7 Å². The van der Waals surface area contributed by atoms with E-state index in [-0.39, 0.29) is 0 Å². The van der Waals surface area contributed by atoms with E-state index in [9.17, 15) is 0 Å². The third kappa shape index (κ3) is 2.96. The van der Waals surface area contributed by atoms with Gasteiger partial charge in [-0.3, -0.25) is 0 Å². The van der Waals surface area contributed by atoms with E-state index in [0.717, 1.165) is 38.4 Å². The first-order valence-electron chi connectivity index (χ1n) is 6.81. The Bertz CT molecular complexity index is 510. The molecule has 0 amide bonds. The maximum Gasteiger partial charge on any atom is 0.122 e. The Morgan fingerprint density at radius 2 is 2.32 bits per heavy atom. The summed E-state index contributed by atoms with van der Waals surface area (Å²) in [5.74, 6) is 1.61. The van der Waals surface area contributed by atoms with Crippen molar-refractivity contribution in [2.45, 2.75) is 18.9 Å². The first kappa shape index (κ1) is 12.2. The number of fused-ring (bicyclic) bond motifs is 1. The highest BCUT2D eigenvalue weighted by molar-refractivity contribution is 5.37. The van der Waals surface area contributed by atoms with Crippen molar-refractivity contribution in [1.82, 2.24) is 14.9 Å². The highest BCUT2D eigenvalue weighted by Crippen LogP contribution is 2.32. The van der Waals surface area contributed by atoms with Crippen LogP contribution < -0.4 is 10.1 Å². The van der Waals surface area contributed by atoms with Crippen LogP contribution in [-0.2, 0) is 6.54 Å². The van der Waals surface area contributed by atoms with Crippen molar-refractivity contribution in [1.29, 1.82) is 0 Å². The molecule has 3 rings (SSSR count). The first-order chi connectivity index (χ1) is 9.43. The number of ether oxygens (including phenoxy) is 1. The van der Waals surface area contributed by atoms with Gasteiger partial charge in [0.15, 0.2) is 0 Å². The molecule has 1 aliphatic rings. The van der Waals surface area contributed by atoms with Crippen LogP contribution in [0.3, 0.4) is 0 Å². The number of imidazole rings is 1. The summed E-state index contributed by atoms with van der Waals surface area (Å²) in [5, 5.41) is 3.53. The quantitative estimate of drug-likeness (QED) is 0.833. The van der Waals surface area contributed by atoms with Crippen LogP contribution in [0.5, 0.6) is 5.75 Å². The molecule has 0 saturated heterocycles. The number of hydrogen-bond acceptors (Lipinski definition) is 3. The number of hydrogen-bond donors (Lipinski definition) is 1. The number of para-hydroxylation sites is 1. The maximum atomic E-state index is 5.68. The number of nitrogens with one attached hydrogen (secondary N) is 1. The number of aromatic nitrogens is 2. The van der Waals surface area contributed by atoms with E-state index in [0.29, 0.717) is 5.92 Å². The fraction of sp³-hybridized carbons (Fsp3) is 0.400. The normalized spacial score (nSPS) is 17.8. The maximum absolute atomic E-state index is 5.68. The molecule has 2 aromatic rings. The Morgan fingerprint density at radius 1 is 1.37 bits per heavy atom. The van der Waals surface area contributed by atoms with E-state index in [1.54, 1.807) is 0 Å². The zero-order valence-corrected chi connectivity index (χ0v) is 11.0. The van der Waals surface area contributed by atoms with Crippen LogP contribution in [0, 0.1) is 0 Å². The number of rotatable bonds is 5. The summed E-state index contributed by atoms with van der Waals surface area (Å²) in [4.78, 5) is 4.04. The van der Waals surface area contributed by atoms with Crippen molar-refractivity contribution < 1.29 is 4.74 Å². The minimum Gasteiger partial charge on any atom is -0.493 e. The smallest absolute Gasteiger partial charge is 0.122 e. The molecule has 19 heavy (non-hydrogen) atoms. The van der Waals surface area contributed by atoms with Gasteiger partial charge in [0.05, 0.1) is 12.9 Å². The summed E-state index contributed by atoms with van der Waals surface area (Å²) in [7, 11) is 0. The van der Waals surface area contributed by atoms with E-state index < -0.39 is 0 Å². The van der Waals surface area contributed by atoms with Gasteiger partial charge in [-0.2, -0.15) is 0 Å². The molecule has 1 aromatic heterocycles. The fourth-order valence-corrected chi connectivity index (χ4v) is 2.53. The van der Waals surface area contributed by atoms with Gasteiger partial charge in [-0.15, -0.1) is 0 Å². The van der Waals surface area contributed by atoms with E-state index in [1.165, 1.54) is 5.56 Å². The SMILES string of the molecule is c1ccc2c(c1)OCCC2CNCCn1ccnc1. The van der Waals surface area contributed by atoms with Crippen LogP contribution in [0.4, 0.5) is 0 Å². The van der Waals surface area contributed by atoms with Crippen LogP contribution in [-0.4, -0.2) is 29.2 Å². The monoisotopic (exact) mass is 257 g/mol. The van der Waals surface area contributed by atoms with Crippen LogP contribution in [0.1, 0.15) is 17.9 Å². The second-order valence-electron chi connectivity index (χ2n) is 4.88. The Kier molecular flexibility index (Phi) is 3.79. The van der Waals surface area contributed by atoms with Crippen LogP contribution in [0.2, 0.25) is 0 Å². The molecule has 1 aliphatic heterocycles. The van der Waals surface area contributed by atoms with Gasteiger partial charge in [-0.25, -0.2) is 4.98 Å². The van der Waals surface area contributed by atoms with Gasteiger partial charge < -0.3 is 14.6 Å². The second-order valence-corrected chi connectivity index (χ2v) is 4.88. The van der Waals surface area contributed by atoms with Gasteiger partial charge in [0.1, 0.15) is 5.75 Å². The highest BCUT2D eigenvalue weighted by Gasteiger charge is 2.20. The van der Waals surface area contributed by atoms with Gasteiger partial charge in [-0.1, -0.05) is 18.2 Å². The average molecular weight is 257 g/mol. The molecule has 1 unspecified atom stereocenters. The van der Waals surface area contributed by atoms with Gasteiger partial charge in [0, 0.05) is 37.9 Å². The Morgan fingerprint density at radius 3 is 3.21 bits per heavy atom. The van der Waals surface area contributed by atoms with Crippen molar-refractivity contribution >= 4 is 0 Å². The van der Waals surface area contributed by atoms with Crippen LogP contribution >= 0.6 is 0 Å². The molecule has 100 valence electrons. The largest absolute Gasteiger partial charge is 0.493 e. The van der Waals surface area contributed by atoms with E-state index >= 15 is 0 Å². The molecule has 0 spiro atoms. The molecule has 0 aliphatic carbocycles. The average Bonchev–Trinajstić information content (AvgIpc) is 2.97. The molecule has 0 fully saturated rings. The first-order valence-corrected chi connectivity index (χ1v) is 6.81. The molecule has 4 nitrogen and oxygen atoms in total. The van der Waals surface area contributed by atoms with E-state index in [2.05, 4.69) is 33.1 Å². The molecule has 1 aromatic carbocycles. The van der Waals surface area contributed by atoms with E-state index in [4.69, 9.17) is 4.74 Å². The summed E-state index contributed by atoms with van der Waals surface area (Å²) in [6.07, 6.45) is 6.75. The van der Waals surface area contributed by atoms with Crippen LogP contribution in [0.15, 0.2) is 43.0 Å². The predicted molar refractivity (Wildman–Crippen MR) is 74.4 cm³/mol. The van der Waals surface area contributed by atoms with Crippen molar-refractivity contribution in [3.05, 3.63) is 48.5 Å². The minimum absolute atomic E-state index is 0.563. The lowest BCUT2D eigenvalue weighted by molar-refractivity contribution is 0.264. The lowest BCUT2D eigenvalue weighted by Crippen LogP contribution is -2.28. The predicted octanol–water partition coefficient (Wildman–Crippen LogP) is 2.04. The second kappa shape index (κ2) is 5.89. The summed E-state index contributed by atoms with van der Waals surface area (Å²) < 4.78 is 7.77. The number of nitrogens with zero attached hydrogens (tertiary/aromatic N) is 2. The van der Waals surface area contributed by atoms with Crippen LogP contribution in [0.25, 0.3) is 0 Å². The summed E-state index contributed by atoms with van der Waals surface area (Å²) in [6.45, 7) is 3.76. The Hall–Kier alpha value is -1.81. The Labute approximate surface area is 113 Å². The lowest BCUT2D eigenvalue weighted by Gasteiger charge is -2.26. The van der Waals surface area contributed by atoms with Gasteiger partial charge in [0.2, 0.25) is 0 Å². The van der Waals surface area contributed by atoms with Crippen molar-refractivity contribution in [3.63, 3.8) is 0 Å². The van der Waals surface area contributed by atoms with Gasteiger partial charge >= 0.3 is 0 Å². The molecule has 1 atom stereocenters. The topological polar surface area (TPSA) is 39.1 Å². The minimum atomic E-state index is 0.563. The third-order valence-electron chi connectivity index (χ3n) is 3.58. The molecule has 0 saturated carbocycles. The van der Waals surface area contributed by atoms with Gasteiger partial charge in [0.25, 0.3) is 0 Å². The summed E-state index contributed by atoms with van der Waals surface area (Å²) in [6, 6.07) is 8.36. The zero-order chi connectivity index (χ0) is 12.9. The highest BCUT2D eigenvalue weighted by atomic mass is 16.5. The third-order valence-corrected chi connectivity index (χ3v) is 3.58. The molecule has 0 bridgehead atoms. The summed E-state index contributed by atoms with van der Waals surface area (Å²) in [5.41, 5.74) is 1.34. The fourth-order valence-electron chi connectivity index (χ4n) is 2.53. The van der Waals surface area contributed by atoms with E-state index in [1.807, 2.05) is 24.8 Å². The molecular weight excluding hydrogens is 238 g/mol. The zero-order valence-electron chi connectivity index (χ0n) is 11.0. The standard InChI is InChI=1S/C15H19N3O/c1-2-4-15-14(3-1)13(5-10-19-15)11-16-6-8-18-9-7-17-12-18/h1-4,7,9,12-13,16H,5-6,8,10-11H2. The molecule has 2 heterocycles. The lowest BCUT2D eigenvalue weighted by atomic mass is 9.93. The molecule has 4 heteroatoms. The summed E-state index contributed by atoms with van der Waals surface area (Å²) >= 11 is 0. The molecule has 1 N–H and O–H groups in total. The van der Waals surface area contributed by atoms with Crippen molar-refractivity contribution in [2.24, 2.45) is 0 Å². The molecule has 0 radical (unpaired) electrons.